The van der Waals surface area contributed by atoms with Crippen LogP contribution < -0.4 is 0 Å². The Morgan fingerprint density at radius 3 is 3.16 bits per heavy atom. The first-order valence-corrected chi connectivity index (χ1v) is 6.93. The van der Waals surface area contributed by atoms with Gasteiger partial charge in [0.2, 0.25) is 0 Å². The van der Waals surface area contributed by atoms with Gasteiger partial charge in [-0.3, -0.25) is 9.78 Å². The highest BCUT2D eigenvalue weighted by atomic mass is 32.1. The monoisotopic (exact) mass is 278 g/mol. The van der Waals surface area contributed by atoms with Gasteiger partial charge in [-0.1, -0.05) is 0 Å². The van der Waals surface area contributed by atoms with Gasteiger partial charge in [-0.05, 0) is 6.92 Å². The van der Waals surface area contributed by atoms with Crippen molar-refractivity contribution < 1.29 is 9.53 Å². The molecule has 3 rings (SSSR count). The van der Waals surface area contributed by atoms with E-state index in [1.807, 2.05) is 6.92 Å². The summed E-state index contributed by atoms with van der Waals surface area (Å²) >= 11 is 1.36. The van der Waals surface area contributed by atoms with Crippen molar-refractivity contribution in [3.8, 4) is 0 Å². The van der Waals surface area contributed by atoms with Crippen LogP contribution in [-0.2, 0) is 4.74 Å². The first-order valence-electron chi connectivity index (χ1n) is 6.05. The Balaban J connectivity index is 1.73. The van der Waals surface area contributed by atoms with Crippen molar-refractivity contribution in [2.75, 3.05) is 19.7 Å². The third-order valence-electron chi connectivity index (χ3n) is 3.02. The average molecular weight is 278 g/mol. The van der Waals surface area contributed by atoms with Crippen molar-refractivity contribution in [2.24, 2.45) is 0 Å². The van der Waals surface area contributed by atoms with Gasteiger partial charge >= 0.3 is 0 Å². The average Bonchev–Trinajstić information content (AvgIpc) is 3.09. The van der Waals surface area contributed by atoms with Crippen molar-refractivity contribution in [1.29, 1.82) is 0 Å². The summed E-state index contributed by atoms with van der Waals surface area (Å²) in [5.41, 5.74) is 2.66. The number of hydrogen-bond acceptors (Lipinski definition) is 5. The molecular weight excluding hydrogens is 264 g/mol. The van der Waals surface area contributed by atoms with E-state index in [1.54, 1.807) is 22.8 Å². The van der Waals surface area contributed by atoms with Crippen LogP contribution in [0.15, 0.2) is 17.9 Å². The van der Waals surface area contributed by atoms with Crippen LogP contribution in [0.3, 0.4) is 0 Å². The fourth-order valence-corrected chi connectivity index (χ4v) is 2.66. The number of aryl methyl sites for hydroxylation is 1. The quantitative estimate of drug-likeness (QED) is 0.901. The summed E-state index contributed by atoms with van der Waals surface area (Å²) in [7, 11) is 0. The number of aromatic nitrogens is 3. The van der Waals surface area contributed by atoms with Crippen molar-refractivity contribution in [1.82, 2.24) is 19.9 Å². The van der Waals surface area contributed by atoms with Gasteiger partial charge in [-0.25, -0.2) is 4.98 Å². The summed E-state index contributed by atoms with van der Waals surface area (Å²) in [6.45, 7) is 3.59. The SMILES string of the molecule is Cc1cnc([C@@H]2CN(C(=O)c3cncs3)CCO2)[nH]1. The lowest BCUT2D eigenvalue weighted by atomic mass is 10.2. The number of nitrogens with zero attached hydrogens (tertiary/aromatic N) is 3. The molecule has 6 nitrogen and oxygen atoms in total. The Labute approximate surface area is 114 Å². The van der Waals surface area contributed by atoms with Crippen LogP contribution in [0.2, 0.25) is 0 Å². The molecule has 1 aliphatic rings. The molecule has 0 unspecified atom stereocenters. The minimum atomic E-state index is -0.181. The van der Waals surface area contributed by atoms with Gasteiger partial charge in [0.1, 0.15) is 16.8 Å². The minimum absolute atomic E-state index is 0.0130. The molecule has 1 amide bonds. The molecule has 7 heteroatoms. The molecule has 0 spiro atoms. The summed E-state index contributed by atoms with van der Waals surface area (Å²) < 4.78 is 5.68. The number of aromatic amines is 1. The lowest BCUT2D eigenvalue weighted by Crippen LogP contribution is -2.42. The second-order valence-electron chi connectivity index (χ2n) is 4.43. The van der Waals surface area contributed by atoms with Gasteiger partial charge in [0, 0.05) is 18.4 Å². The largest absolute Gasteiger partial charge is 0.367 e. The summed E-state index contributed by atoms with van der Waals surface area (Å²) in [5, 5.41) is 0. The number of morpholine rings is 1. The maximum atomic E-state index is 12.3. The molecule has 1 aliphatic heterocycles. The Hall–Kier alpha value is -1.73. The summed E-state index contributed by atoms with van der Waals surface area (Å²) in [6.07, 6.45) is 3.19. The normalized spacial score (nSPS) is 19.6. The highest BCUT2D eigenvalue weighted by molar-refractivity contribution is 7.11. The fraction of sp³-hybridized carbons (Fsp3) is 0.417. The fourth-order valence-electron chi connectivity index (χ4n) is 2.07. The highest BCUT2D eigenvalue weighted by Crippen LogP contribution is 2.21. The van der Waals surface area contributed by atoms with Crippen molar-refractivity contribution in [3.05, 3.63) is 34.3 Å². The van der Waals surface area contributed by atoms with E-state index in [0.29, 0.717) is 24.6 Å². The Morgan fingerprint density at radius 2 is 2.47 bits per heavy atom. The van der Waals surface area contributed by atoms with Gasteiger partial charge in [0.15, 0.2) is 0 Å². The second kappa shape index (κ2) is 5.10. The van der Waals surface area contributed by atoms with E-state index in [9.17, 15) is 4.79 Å². The Morgan fingerprint density at radius 1 is 1.58 bits per heavy atom. The van der Waals surface area contributed by atoms with Crippen LogP contribution >= 0.6 is 11.3 Å². The van der Waals surface area contributed by atoms with Gasteiger partial charge in [-0.15, -0.1) is 11.3 Å². The molecule has 0 radical (unpaired) electrons. The summed E-state index contributed by atoms with van der Waals surface area (Å²) in [6, 6.07) is 0. The van der Waals surface area contributed by atoms with E-state index >= 15 is 0 Å². The van der Waals surface area contributed by atoms with Crippen LogP contribution in [0, 0.1) is 6.92 Å². The van der Waals surface area contributed by atoms with Gasteiger partial charge in [0.25, 0.3) is 5.91 Å². The smallest absolute Gasteiger partial charge is 0.265 e. The lowest BCUT2D eigenvalue weighted by Gasteiger charge is -2.31. The van der Waals surface area contributed by atoms with Crippen molar-refractivity contribution >= 4 is 17.2 Å². The van der Waals surface area contributed by atoms with Crippen LogP contribution in [0.5, 0.6) is 0 Å². The van der Waals surface area contributed by atoms with E-state index < -0.39 is 0 Å². The molecule has 100 valence electrons. The first-order chi connectivity index (χ1) is 9.24. The van der Waals surface area contributed by atoms with Gasteiger partial charge in [-0.2, -0.15) is 0 Å². The van der Waals surface area contributed by atoms with Crippen molar-refractivity contribution in [2.45, 2.75) is 13.0 Å². The number of thiazole rings is 1. The van der Waals surface area contributed by atoms with E-state index in [4.69, 9.17) is 4.74 Å². The summed E-state index contributed by atoms with van der Waals surface area (Å²) in [4.78, 5) is 26.1. The number of nitrogens with one attached hydrogen (secondary N) is 1. The number of hydrogen-bond donors (Lipinski definition) is 1. The zero-order valence-electron chi connectivity index (χ0n) is 10.5. The zero-order chi connectivity index (χ0) is 13.2. The number of imidazole rings is 1. The Bertz CT molecular complexity index is 566. The number of carbonyl (C=O) groups excluding carboxylic acids is 1. The number of rotatable bonds is 2. The molecule has 1 N–H and O–H groups in total. The maximum Gasteiger partial charge on any atom is 0.265 e. The number of amides is 1. The predicted molar refractivity (Wildman–Crippen MR) is 70.0 cm³/mol. The molecular formula is C12H14N4O2S. The zero-order valence-corrected chi connectivity index (χ0v) is 11.3. The standard InChI is InChI=1S/C12H14N4O2S/c1-8-4-14-11(15-8)9-6-16(2-3-18-9)12(17)10-5-13-7-19-10/h4-5,7,9H,2-3,6H2,1H3,(H,14,15)/t9-/m0/s1. The molecule has 3 heterocycles. The van der Waals surface area contributed by atoms with E-state index in [-0.39, 0.29) is 12.0 Å². The number of H-pyrrole nitrogens is 1. The number of ether oxygens (including phenoxy) is 1. The van der Waals surface area contributed by atoms with E-state index in [0.717, 1.165) is 11.5 Å². The minimum Gasteiger partial charge on any atom is -0.367 e. The predicted octanol–water partition coefficient (Wildman–Crippen LogP) is 1.39. The Kier molecular flexibility index (Phi) is 3.31. The van der Waals surface area contributed by atoms with Crippen molar-refractivity contribution in [3.63, 3.8) is 0 Å². The molecule has 1 fully saturated rings. The molecule has 19 heavy (non-hydrogen) atoms. The van der Waals surface area contributed by atoms with Crippen LogP contribution in [-0.4, -0.2) is 45.5 Å². The summed E-state index contributed by atoms with van der Waals surface area (Å²) in [5.74, 6) is 0.790. The van der Waals surface area contributed by atoms with Crippen LogP contribution in [0.1, 0.15) is 27.3 Å². The van der Waals surface area contributed by atoms with Crippen LogP contribution in [0.4, 0.5) is 0 Å². The second-order valence-corrected chi connectivity index (χ2v) is 5.31. The third kappa shape index (κ3) is 2.52. The van der Waals surface area contributed by atoms with Crippen LogP contribution in [0.25, 0.3) is 0 Å². The molecule has 0 bridgehead atoms. The molecule has 0 aliphatic carbocycles. The topological polar surface area (TPSA) is 71.1 Å². The first kappa shape index (κ1) is 12.3. The molecule has 0 aromatic carbocycles. The molecule has 0 saturated carbocycles. The molecule has 1 saturated heterocycles. The molecule has 2 aromatic rings. The van der Waals surface area contributed by atoms with Gasteiger partial charge < -0.3 is 14.6 Å². The molecule has 1 atom stereocenters. The third-order valence-corrected chi connectivity index (χ3v) is 3.79. The highest BCUT2D eigenvalue weighted by Gasteiger charge is 2.28. The molecule has 2 aromatic heterocycles. The van der Waals surface area contributed by atoms with E-state index in [2.05, 4.69) is 15.0 Å². The number of carbonyl (C=O) groups is 1. The van der Waals surface area contributed by atoms with E-state index in [1.165, 1.54) is 11.3 Å². The maximum absolute atomic E-state index is 12.3. The lowest BCUT2D eigenvalue weighted by molar-refractivity contribution is -0.0263. The van der Waals surface area contributed by atoms with Gasteiger partial charge in [0.05, 0.1) is 24.9 Å².